The minimum Gasteiger partial charge on any atom is -0.711 e. The molecule has 2 heterocycles. The van der Waals surface area contributed by atoms with Crippen molar-refractivity contribution in [2.75, 3.05) is 13.2 Å². The normalized spacial score (nSPS) is 13.2. The standard InChI is InChI=1S/C83H100F2N2O4/c1-24-82(18,19)55-39-65(75(89)71(45-55)86-67-41-51(78(6,7)8)26-31-59(67)60-32-27-52(42-68(60)86)79(9,10)11)66-48-58(85)38-50(2)76(66)91(23)37-25-36-90(22)73-35-30-57(84)47-63(73)64-40-56(83(20,21)49-77(3,4)5)46-72(74(64)88)87-69-43-53(80(12,13)14)28-33-61(69)62-34-29-54(44-70(62)87)81(15,16)17/h26-35,38-48,88-89H,22-25,36-37,49H2,1-21H3. The summed E-state index contributed by atoms with van der Waals surface area (Å²) in [7, 11) is 9.09. The highest BCUT2D eigenvalue weighted by atomic mass is 19.1. The maximum Gasteiger partial charge on any atom is 0.237 e. The monoisotopic (exact) mass is 1230 g/mol. The molecule has 0 saturated heterocycles. The lowest BCUT2D eigenvalue weighted by Crippen LogP contribution is -2.25. The van der Waals surface area contributed by atoms with Crippen molar-refractivity contribution < 1.29 is 27.7 Å². The number of fused-ring (bicyclic) bond motifs is 6. The Labute approximate surface area is 542 Å². The molecule has 0 aliphatic rings. The van der Waals surface area contributed by atoms with Gasteiger partial charge in [0.05, 0.1) is 44.6 Å². The second-order valence-electron chi connectivity index (χ2n) is 32.7. The molecule has 2 aromatic heterocycles. The molecule has 0 fully saturated rings. The molecule has 91 heavy (non-hydrogen) atoms. The molecule has 0 aliphatic carbocycles. The summed E-state index contributed by atoms with van der Waals surface area (Å²) in [5, 5.41) is 30.7. The van der Waals surface area contributed by atoms with Crippen LogP contribution in [0.2, 0.25) is 0 Å². The van der Waals surface area contributed by atoms with Gasteiger partial charge in [0.1, 0.15) is 29.6 Å². The van der Waals surface area contributed by atoms with Gasteiger partial charge in [-0.1, -0.05) is 187 Å². The van der Waals surface area contributed by atoms with Crippen molar-refractivity contribution in [3.8, 4) is 56.6 Å². The summed E-state index contributed by atoms with van der Waals surface area (Å²) in [6.45, 7) is 47.0. The van der Waals surface area contributed by atoms with E-state index in [1.165, 1.54) is 46.5 Å². The third kappa shape index (κ3) is 12.8. The third-order valence-electron chi connectivity index (χ3n) is 19.2. The quantitative estimate of drug-likeness (QED) is 0.0842. The number of rotatable bonds is 14. The summed E-state index contributed by atoms with van der Waals surface area (Å²) < 4.78 is 42.9. The van der Waals surface area contributed by atoms with E-state index in [2.05, 4.69) is 255 Å². The highest BCUT2D eigenvalue weighted by Gasteiger charge is 2.34. The first kappa shape index (κ1) is 66.3. The van der Waals surface area contributed by atoms with Crippen LogP contribution in [0.1, 0.15) is 197 Å². The van der Waals surface area contributed by atoms with Crippen molar-refractivity contribution in [2.45, 2.75) is 197 Å². The first-order chi connectivity index (χ1) is 42.1. The lowest BCUT2D eigenvalue weighted by atomic mass is 9.71. The smallest absolute Gasteiger partial charge is 0.237 e. The van der Waals surface area contributed by atoms with Crippen LogP contribution in [0.5, 0.6) is 23.0 Å². The molecule has 2 N–H and O–H groups in total. The van der Waals surface area contributed by atoms with Gasteiger partial charge in [0.15, 0.2) is 13.2 Å². The Morgan fingerprint density at radius 3 is 1.16 bits per heavy atom. The SMILES string of the molecule is [CH2-][O+](CCC[O+]([CH2-])c1c(C)cc(F)cc1-c1cc(C(C)(C)CC)cc(-n2c3cc(C(C)(C)C)ccc3c3ccc(C(C)(C)C)cc32)c1O)c1ccc(F)cc1-c1cc(C(C)(C)CC(C)(C)C)cc(-n2c3cc(C(C)(C)C)ccc3c3ccc(C(C)(C)C)cc32)c1O. The summed E-state index contributed by atoms with van der Waals surface area (Å²) in [4.78, 5) is 0. The molecule has 0 atom stereocenters. The van der Waals surface area contributed by atoms with Crippen LogP contribution in [0.15, 0.2) is 127 Å². The average molecular weight is 1230 g/mol. The first-order valence-electron chi connectivity index (χ1n) is 32.7. The summed E-state index contributed by atoms with van der Waals surface area (Å²) in [5.41, 5.74) is 13.0. The highest BCUT2D eigenvalue weighted by Crippen LogP contribution is 2.52. The van der Waals surface area contributed by atoms with E-state index < -0.39 is 11.6 Å². The Bertz CT molecular complexity index is 4310. The van der Waals surface area contributed by atoms with Gasteiger partial charge in [0.25, 0.3) is 0 Å². The molecule has 0 bridgehead atoms. The number of hydrogen-bond acceptors (Lipinski definition) is 2. The number of hydrogen-bond donors (Lipinski definition) is 2. The van der Waals surface area contributed by atoms with Gasteiger partial charge < -0.3 is 28.1 Å². The molecule has 0 aliphatic heterocycles. The molecule has 480 valence electrons. The maximum atomic E-state index is 16.3. The zero-order chi connectivity index (χ0) is 66.8. The Kier molecular flexibility index (Phi) is 16.9. The summed E-state index contributed by atoms with van der Waals surface area (Å²) in [6.07, 6.45) is 2.11. The van der Waals surface area contributed by atoms with Crippen LogP contribution in [0.25, 0.3) is 77.2 Å². The molecular weight excluding hydrogens is 1130 g/mol. The largest absolute Gasteiger partial charge is 0.711 e. The third-order valence-corrected chi connectivity index (χ3v) is 19.2. The van der Waals surface area contributed by atoms with Crippen molar-refractivity contribution in [3.05, 3.63) is 192 Å². The number of aromatic hydroxyl groups is 2. The molecule has 8 aromatic carbocycles. The lowest BCUT2D eigenvalue weighted by molar-refractivity contribution is -0.0165. The molecule has 0 radical (unpaired) electrons. The fraction of sp³-hybridized carbons (Fsp3) is 0.398. The molecule has 0 spiro atoms. The molecule has 10 rings (SSSR count). The van der Waals surface area contributed by atoms with Gasteiger partial charge in [-0.25, -0.2) is 8.78 Å². The van der Waals surface area contributed by atoms with E-state index in [4.69, 9.17) is 0 Å². The zero-order valence-corrected chi connectivity index (χ0v) is 58.4. The van der Waals surface area contributed by atoms with E-state index in [0.717, 1.165) is 67.6 Å². The van der Waals surface area contributed by atoms with Gasteiger partial charge in [-0.05, 0) is 178 Å². The second kappa shape index (κ2) is 23.2. The topological polar surface area (TPSA) is 55.7 Å². The number of aryl methyl sites for hydroxylation is 1. The minimum absolute atomic E-state index is 0.0244. The van der Waals surface area contributed by atoms with Crippen LogP contribution in [-0.2, 0) is 41.2 Å². The second-order valence-corrected chi connectivity index (χ2v) is 32.7. The lowest BCUT2D eigenvalue weighted by Gasteiger charge is -2.35. The molecular formula is C83H100F2N2O4. The maximum absolute atomic E-state index is 16.3. The van der Waals surface area contributed by atoms with Crippen LogP contribution in [0.3, 0.4) is 0 Å². The van der Waals surface area contributed by atoms with Gasteiger partial charge in [0.2, 0.25) is 11.5 Å². The number of benzene rings is 8. The molecule has 0 saturated carbocycles. The van der Waals surface area contributed by atoms with E-state index in [0.29, 0.717) is 70.3 Å². The Balaban J connectivity index is 1.08. The van der Waals surface area contributed by atoms with E-state index in [9.17, 15) is 10.2 Å². The first-order valence-corrected chi connectivity index (χ1v) is 32.7. The van der Waals surface area contributed by atoms with Gasteiger partial charge in [-0.3, -0.25) is 0 Å². The molecule has 6 nitrogen and oxygen atoms in total. The fourth-order valence-corrected chi connectivity index (χ4v) is 13.7. The van der Waals surface area contributed by atoms with Gasteiger partial charge in [-0.2, -0.15) is 0 Å². The Hall–Kier alpha value is -7.58. The Morgan fingerprint density at radius 2 is 0.780 bits per heavy atom. The average Bonchev–Trinajstić information content (AvgIpc) is 1.63. The van der Waals surface area contributed by atoms with Crippen molar-refractivity contribution in [3.63, 3.8) is 0 Å². The molecule has 8 heteroatoms. The molecule has 10 aromatic rings. The van der Waals surface area contributed by atoms with E-state index in [1.54, 1.807) is 6.07 Å². The van der Waals surface area contributed by atoms with Crippen LogP contribution >= 0.6 is 0 Å². The summed E-state index contributed by atoms with van der Waals surface area (Å²) in [6, 6.07) is 42.8. The fourth-order valence-electron chi connectivity index (χ4n) is 13.7. The van der Waals surface area contributed by atoms with Crippen LogP contribution < -0.4 is 0 Å². The van der Waals surface area contributed by atoms with Crippen molar-refractivity contribution in [1.82, 2.24) is 9.13 Å². The number of phenolic OH excluding ortho intramolecular Hbond substituents is 2. The van der Waals surface area contributed by atoms with Gasteiger partial charge in [0, 0.05) is 44.3 Å². The summed E-state index contributed by atoms with van der Waals surface area (Å²) >= 11 is 0. The van der Waals surface area contributed by atoms with E-state index in [-0.39, 0.29) is 49.4 Å². The molecule has 0 unspecified atom stereocenters. The molecule has 0 amide bonds. The van der Waals surface area contributed by atoms with Crippen LogP contribution in [-0.4, -0.2) is 32.6 Å². The van der Waals surface area contributed by atoms with Crippen LogP contribution in [0.4, 0.5) is 8.78 Å². The number of nitrogens with zero attached hydrogens (tertiary/aromatic N) is 2. The van der Waals surface area contributed by atoms with Crippen molar-refractivity contribution >= 4 is 43.6 Å². The van der Waals surface area contributed by atoms with Gasteiger partial charge in [-0.15, -0.1) is 0 Å². The zero-order valence-electron chi connectivity index (χ0n) is 58.4. The van der Waals surface area contributed by atoms with Crippen LogP contribution in [0, 0.1) is 38.2 Å². The number of aromatic nitrogens is 2. The summed E-state index contributed by atoms with van der Waals surface area (Å²) in [5.74, 6) is 0.328. The predicted molar refractivity (Wildman–Crippen MR) is 382 cm³/mol. The predicted octanol–water partition coefficient (Wildman–Crippen LogP) is 24.0. The number of phenols is 2. The van der Waals surface area contributed by atoms with Crippen molar-refractivity contribution in [1.29, 1.82) is 0 Å². The van der Waals surface area contributed by atoms with Crippen molar-refractivity contribution in [2.24, 2.45) is 5.41 Å². The number of halogens is 2. The van der Waals surface area contributed by atoms with E-state index >= 15 is 8.78 Å². The van der Waals surface area contributed by atoms with E-state index in [1.807, 2.05) is 19.1 Å². The highest BCUT2D eigenvalue weighted by molar-refractivity contribution is 6.11. The Morgan fingerprint density at radius 1 is 0.407 bits per heavy atom. The van der Waals surface area contributed by atoms with Gasteiger partial charge >= 0.3 is 0 Å². The minimum atomic E-state index is -0.450.